The molecule has 6 nitrogen and oxygen atoms in total. The number of hydrogen-bond acceptors (Lipinski definition) is 4. The molecule has 2 heterocycles. The number of carbonyl (C=O) groups excluding carboxylic acids is 1. The van der Waals surface area contributed by atoms with Gasteiger partial charge in [0.1, 0.15) is 6.33 Å². The van der Waals surface area contributed by atoms with E-state index in [1.165, 1.54) is 6.33 Å². The van der Waals surface area contributed by atoms with E-state index in [0.29, 0.717) is 24.5 Å². The van der Waals surface area contributed by atoms with Crippen molar-refractivity contribution in [2.24, 2.45) is 0 Å². The van der Waals surface area contributed by atoms with E-state index in [-0.39, 0.29) is 17.6 Å². The maximum absolute atomic E-state index is 13.0. The van der Waals surface area contributed by atoms with Gasteiger partial charge in [0, 0.05) is 30.3 Å². The van der Waals surface area contributed by atoms with E-state index in [4.69, 9.17) is 4.74 Å². The average molecular weight is 328 g/mol. The molecule has 3 rings (SSSR count). The lowest BCUT2D eigenvalue weighted by Crippen LogP contribution is -2.48. The van der Waals surface area contributed by atoms with Gasteiger partial charge in [0.05, 0.1) is 5.60 Å². The van der Waals surface area contributed by atoms with Crippen LogP contribution in [0.15, 0.2) is 30.6 Å². The number of nitrogens with zero attached hydrogens (tertiary/aromatic N) is 3. The molecule has 0 saturated carbocycles. The highest BCUT2D eigenvalue weighted by Gasteiger charge is 2.34. The lowest BCUT2D eigenvalue weighted by molar-refractivity contribution is -0.0777. The third-order valence-corrected chi connectivity index (χ3v) is 4.51. The first-order valence-electron chi connectivity index (χ1n) is 8.41. The van der Waals surface area contributed by atoms with E-state index in [1.54, 1.807) is 0 Å². The molecule has 1 unspecified atom stereocenters. The fourth-order valence-electron chi connectivity index (χ4n) is 3.34. The number of nitrogens with one attached hydrogen (secondary N) is 1. The van der Waals surface area contributed by atoms with Gasteiger partial charge in [0.25, 0.3) is 5.91 Å². The Labute approximate surface area is 142 Å². The van der Waals surface area contributed by atoms with Crippen LogP contribution in [0.25, 0.3) is 11.4 Å². The number of aromatic amines is 1. The highest BCUT2D eigenvalue weighted by molar-refractivity contribution is 5.95. The zero-order chi connectivity index (χ0) is 17.2. The van der Waals surface area contributed by atoms with Crippen molar-refractivity contribution in [1.82, 2.24) is 20.1 Å². The minimum absolute atomic E-state index is 0.0570. The van der Waals surface area contributed by atoms with Crippen molar-refractivity contribution in [1.29, 1.82) is 0 Å². The van der Waals surface area contributed by atoms with Gasteiger partial charge in [-0.1, -0.05) is 12.1 Å². The first kappa shape index (κ1) is 16.6. The molecule has 2 aromatic rings. The molecule has 1 atom stereocenters. The Morgan fingerprint density at radius 2 is 2.29 bits per heavy atom. The molecule has 1 aromatic carbocycles. The normalized spacial score (nSPS) is 19.9. The maximum Gasteiger partial charge on any atom is 0.254 e. The van der Waals surface area contributed by atoms with Gasteiger partial charge in [-0.25, -0.2) is 4.98 Å². The summed E-state index contributed by atoms with van der Waals surface area (Å²) in [6.45, 7) is 7.58. The number of benzene rings is 1. The molecule has 128 valence electrons. The molecule has 1 saturated heterocycles. The zero-order valence-corrected chi connectivity index (χ0v) is 14.5. The smallest absolute Gasteiger partial charge is 0.254 e. The molecule has 1 N–H and O–H groups in total. The molecule has 0 aliphatic carbocycles. The number of amides is 1. The van der Waals surface area contributed by atoms with Crippen molar-refractivity contribution in [3.05, 3.63) is 36.2 Å². The largest absolute Gasteiger partial charge is 0.375 e. The Kier molecular flexibility index (Phi) is 4.66. The summed E-state index contributed by atoms with van der Waals surface area (Å²) < 4.78 is 5.79. The van der Waals surface area contributed by atoms with Gasteiger partial charge >= 0.3 is 0 Å². The van der Waals surface area contributed by atoms with E-state index in [2.05, 4.69) is 29.0 Å². The van der Waals surface area contributed by atoms with Crippen LogP contribution in [-0.2, 0) is 4.74 Å². The topological polar surface area (TPSA) is 71.1 Å². The van der Waals surface area contributed by atoms with E-state index < -0.39 is 0 Å². The molecule has 0 bridgehead atoms. The van der Waals surface area contributed by atoms with Crippen LogP contribution >= 0.6 is 0 Å². The lowest BCUT2D eigenvalue weighted by Gasteiger charge is -2.41. The highest BCUT2D eigenvalue weighted by Crippen LogP contribution is 2.28. The summed E-state index contributed by atoms with van der Waals surface area (Å²) in [5.74, 6) is 0.724. The van der Waals surface area contributed by atoms with Crippen LogP contribution in [0.1, 0.15) is 44.0 Å². The molecule has 1 aromatic heterocycles. The predicted molar refractivity (Wildman–Crippen MR) is 91.6 cm³/mol. The molecule has 0 radical (unpaired) electrons. The van der Waals surface area contributed by atoms with Crippen molar-refractivity contribution >= 4 is 5.91 Å². The summed E-state index contributed by atoms with van der Waals surface area (Å²) in [7, 11) is 0. The Morgan fingerprint density at radius 1 is 1.46 bits per heavy atom. The van der Waals surface area contributed by atoms with Crippen LogP contribution in [0.5, 0.6) is 0 Å². The molecule has 1 fully saturated rings. The second-order valence-electron chi connectivity index (χ2n) is 6.76. The molecule has 6 heteroatoms. The number of ether oxygens (including phenoxy) is 1. The predicted octanol–water partition coefficient (Wildman–Crippen LogP) is 2.89. The van der Waals surface area contributed by atoms with Crippen molar-refractivity contribution in [3.8, 4) is 11.4 Å². The standard InChI is InChI=1S/C18H24N4O2/c1-4-22(15-8-9-24-18(2,3)11-15)17(23)14-7-5-6-13(10-14)16-19-12-20-21-16/h5-7,10,12,15H,4,8-9,11H2,1-3H3,(H,19,20,21). The molecular formula is C18H24N4O2. The highest BCUT2D eigenvalue weighted by atomic mass is 16.5. The minimum atomic E-state index is -0.182. The van der Waals surface area contributed by atoms with Gasteiger partial charge in [0.2, 0.25) is 0 Å². The molecule has 24 heavy (non-hydrogen) atoms. The summed E-state index contributed by atoms with van der Waals surface area (Å²) in [6.07, 6.45) is 3.20. The van der Waals surface area contributed by atoms with Gasteiger partial charge in [-0.05, 0) is 45.7 Å². The SMILES string of the molecule is CCN(C(=O)c1cccc(-c2ncn[nH]2)c1)C1CCOC(C)(C)C1. The van der Waals surface area contributed by atoms with Crippen LogP contribution in [0.3, 0.4) is 0 Å². The van der Waals surface area contributed by atoms with Gasteiger partial charge in [-0.2, -0.15) is 5.10 Å². The first-order valence-corrected chi connectivity index (χ1v) is 8.41. The van der Waals surface area contributed by atoms with E-state index in [1.807, 2.05) is 36.1 Å². The van der Waals surface area contributed by atoms with Crippen LogP contribution in [0.2, 0.25) is 0 Å². The van der Waals surface area contributed by atoms with Gasteiger partial charge in [-0.3, -0.25) is 9.89 Å². The maximum atomic E-state index is 13.0. The fourth-order valence-corrected chi connectivity index (χ4v) is 3.34. The molecule has 1 aliphatic rings. The van der Waals surface area contributed by atoms with E-state index >= 15 is 0 Å². The van der Waals surface area contributed by atoms with E-state index in [9.17, 15) is 4.79 Å². The Hall–Kier alpha value is -2.21. The molecular weight excluding hydrogens is 304 g/mol. The zero-order valence-electron chi connectivity index (χ0n) is 14.5. The Balaban J connectivity index is 1.83. The van der Waals surface area contributed by atoms with Crippen LogP contribution in [0.4, 0.5) is 0 Å². The minimum Gasteiger partial charge on any atom is -0.375 e. The third-order valence-electron chi connectivity index (χ3n) is 4.51. The summed E-state index contributed by atoms with van der Waals surface area (Å²) >= 11 is 0. The number of carbonyl (C=O) groups is 1. The molecule has 1 aliphatic heterocycles. The number of hydrogen-bond donors (Lipinski definition) is 1. The quantitative estimate of drug-likeness (QED) is 0.937. The van der Waals surface area contributed by atoms with Gasteiger partial charge in [0.15, 0.2) is 5.82 Å². The first-order chi connectivity index (χ1) is 11.5. The fraction of sp³-hybridized carbons (Fsp3) is 0.500. The third kappa shape index (κ3) is 3.48. The Bertz CT molecular complexity index is 697. The molecule has 1 amide bonds. The second-order valence-corrected chi connectivity index (χ2v) is 6.76. The lowest BCUT2D eigenvalue weighted by atomic mass is 9.92. The van der Waals surface area contributed by atoms with Crippen LogP contribution < -0.4 is 0 Å². The molecule has 0 spiro atoms. The summed E-state index contributed by atoms with van der Waals surface area (Å²) in [4.78, 5) is 19.2. The van der Waals surface area contributed by atoms with E-state index in [0.717, 1.165) is 18.4 Å². The van der Waals surface area contributed by atoms with Crippen LogP contribution in [0, 0.1) is 0 Å². The van der Waals surface area contributed by atoms with Gasteiger partial charge in [-0.15, -0.1) is 0 Å². The van der Waals surface area contributed by atoms with Crippen molar-refractivity contribution in [2.75, 3.05) is 13.2 Å². The van der Waals surface area contributed by atoms with Crippen molar-refractivity contribution < 1.29 is 9.53 Å². The van der Waals surface area contributed by atoms with Crippen LogP contribution in [-0.4, -0.2) is 50.8 Å². The van der Waals surface area contributed by atoms with Crippen molar-refractivity contribution in [3.63, 3.8) is 0 Å². The number of aromatic nitrogens is 3. The Morgan fingerprint density at radius 3 is 2.96 bits per heavy atom. The van der Waals surface area contributed by atoms with Gasteiger partial charge < -0.3 is 9.64 Å². The monoisotopic (exact) mass is 328 g/mol. The summed E-state index contributed by atoms with van der Waals surface area (Å²) in [6, 6.07) is 7.74. The summed E-state index contributed by atoms with van der Waals surface area (Å²) in [5.41, 5.74) is 1.36. The number of rotatable bonds is 4. The van der Waals surface area contributed by atoms with Crippen molar-refractivity contribution in [2.45, 2.75) is 45.3 Å². The second kappa shape index (κ2) is 6.73. The summed E-state index contributed by atoms with van der Waals surface area (Å²) in [5, 5.41) is 6.70. The average Bonchev–Trinajstić information content (AvgIpc) is 3.09. The number of H-pyrrole nitrogens is 1.